The first-order chi connectivity index (χ1) is 24.8. The molecule has 0 saturated carbocycles. The third kappa shape index (κ3) is 4.50. The van der Waals surface area contributed by atoms with E-state index in [0.29, 0.717) is 0 Å². The summed E-state index contributed by atoms with van der Waals surface area (Å²) < 4.78 is 6.34. The van der Waals surface area contributed by atoms with Crippen molar-refractivity contribution in [3.05, 3.63) is 188 Å². The standard InChI is InChI=1S/C48H31NO/c1-3-13-32(14-4-1)36-26-28-44(40-19-9-7-17-38(36)40)49(45-29-27-37(33-15-5-2-6-16-33)39-18-8-10-20-41(39)45)35-25-23-34-24-30-47-48(43(34)31-35)42-21-11-12-22-46(42)50-47/h1-31H. The van der Waals surface area contributed by atoms with Gasteiger partial charge in [0.1, 0.15) is 11.2 Å². The summed E-state index contributed by atoms with van der Waals surface area (Å²) in [5.74, 6) is 0. The number of nitrogens with zero attached hydrogens (tertiary/aromatic N) is 1. The minimum Gasteiger partial charge on any atom is -0.456 e. The Hall–Kier alpha value is -6.64. The number of hydrogen-bond acceptors (Lipinski definition) is 2. The fourth-order valence-electron chi connectivity index (χ4n) is 7.77. The molecule has 234 valence electrons. The normalized spacial score (nSPS) is 11.6. The first-order valence-corrected chi connectivity index (χ1v) is 17.1. The molecule has 2 nitrogen and oxygen atoms in total. The molecule has 0 N–H and O–H groups in total. The Balaban J connectivity index is 1.29. The summed E-state index contributed by atoms with van der Waals surface area (Å²) in [4.78, 5) is 2.45. The van der Waals surface area contributed by atoms with Gasteiger partial charge in [-0.2, -0.15) is 0 Å². The number of hydrogen-bond donors (Lipinski definition) is 0. The summed E-state index contributed by atoms with van der Waals surface area (Å²) >= 11 is 0. The summed E-state index contributed by atoms with van der Waals surface area (Å²) in [7, 11) is 0. The molecule has 10 rings (SSSR count). The lowest BCUT2D eigenvalue weighted by Gasteiger charge is -2.29. The summed E-state index contributed by atoms with van der Waals surface area (Å²) in [6.07, 6.45) is 0. The van der Waals surface area contributed by atoms with Crippen LogP contribution < -0.4 is 4.90 Å². The largest absolute Gasteiger partial charge is 0.456 e. The molecular formula is C48H31NO. The Morgan fingerprint density at radius 2 is 0.840 bits per heavy atom. The average molecular weight is 638 g/mol. The molecule has 0 radical (unpaired) electrons. The van der Waals surface area contributed by atoms with Crippen molar-refractivity contribution >= 4 is 71.3 Å². The highest BCUT2D eigenvalue weighted by atomic mass is 16.3. The monoisotopic (exact) mass is 637 g/mol. The van der Waals surface area contributed by atoms with E-state index >= 15 is 0 Å². The van der Waals surface area contributed by atoms with Crippen LogP contribution in [0.2, 0.25) is 0 Å². The third-order valence-electron chi connectivity index (χ3n) is 10.1. The van der Waals surface area contributed by atoms with Crippen LogP contribution in [0.15, 0.2) is 192 Å². The number of anilines is 3. The molecule has 1 heterocycles. The first-order valence-electron chi connectivity index (χ1n) is 17.1. The molecule has 0 saturated heterocycles. The van der Waals surface area contributed by atoms with Crippen LogP contribution in [0.25, 0.3) is 76.5 Å². The molecule has 9 aromatic carbocycles. The zero-order valence-corrected chi connectivity index (χ0v) is 27.3. The predicted molar refractivity (Wildman–Crippen MR) is 212 cm³/mol. The fraction of sp³-hybridized carbons (Fsp3) is 0. The van der Waals surface area contributed by atoms with Crippen LogP contribution in [-0.2, 0) is 0 Å². The topological polar surface area (TPSA) is 16.4 Å². The van der Waals surface area contributed by atoms with E-state index in [0.717, 1.165) is 39.0 Å². The van der Waals surface area contributed by atoms with Crippen LogP contribution in [0.3, 0.4) is 0 Å². The Morgan fingerprint density at radius 3 is 1.44 bits per heavy atom. The zero-order valence-electron chi connectivity index (χ0n) is 27.3. The van der Waals surface area contributed by atoms with Crippen molar-refractivity contribution in [3.63, 3.8) is 0 Å². The molecule has 0 aliphatic carbocycles. The smallest absolute Gasteiger partial charge is 0.136 e. The van der Waals surface area contributed by atoms with Gasteiger partial charge < -0.3 is 9.32 Å². The molecule has 0 aliphatic heterocycles. The Labute approximate surface area is 290 Å². The maximum atomic E-state index is 6.34. The van der Waals surface area contributed by atoms with Gasteiger partial charge in [0.15, 0.2) is 0 Å². The number of benzene rings is 9. The van der Waals surface area contributed by atoms with Crippen LogP contribution in [-0.4, -0.2) is 0 Å². The summed E-state index contributed by atoms with van der Waals surface area (Å²) in [5, 5.41) is 9.45. The minimum atomic E-state index is 0.901. The van der Waals surface area contributed by atoms with Crippen LogP contribution >= 0.6 is 0 Å². The molecule has 50 heavy (non-hydrogen) atoms. The highest BCUT2D eigenvalue weighted by Crippen LogP contribution is 2.47. The molecule has 2 heteroatoms. The highest BCUT2D eigenvalue weighted by Gasteiger charge is 2.21. The second-order valence-electron chi connectivity index (χ2n) is 12.9. The van der Waals surface area contributed by atoms with Crippen LogP contribution in [0.1, 0.15) is 0 Å². The molecule has 10 aromatic rings. The Morgan fingerprint density at radius 1 is 0.340 bits per heavy atom. The lowest BCUT2D eigenvalue weighted by molar-refractivity contribution is 0.669. The predicted octanol–water partition coefficient (Wildman–Crippen LogP) is 13.8. The van der Waals surface area contributed by atoms with E-state index in [2.05, 4.69) is 187 Å². The van der Waals surface area contributed by atoms with E-state index in [1.807, 2.05) is 6.07 Å². The quantitative estimate of drug-likeness (QED) is 0.187. The van der Waals surface area contributed by atoms with E-state index in [4.69, 9.17) is 4.42 Å². The van der Waals surface area contributed by atoms with E-state index in [9.17, 15) is 0 Å². The second kappa shape index (κ2) is 11.5. The van der Waals surface area contributed by atoms with Gasteiger partial charge in [0.25, 0.3) is 0 Å². The van der Waals surface area contributed by atoms with E-state index in [-0.39, 0.29) is 0 Å². The van der Waals surface area contributed by atoms with E-state index < -0.39 is 0 Å². The molecular weight excluding hydrogens is 607 g/mol. The van der Waals surface area contributed by atoms with Gasteiger partial charge in [-0.25, -0.2) is 0 Å². The Kier molecular flexibility index (Phi) is 6.53. The minimum absolute atomic E-state index is 0.901. The van der Waals surface area contributed by atoms with Crippen molar-refractivity contribution in [2.75, 3.05) is 4.90 Å². The van der Waals surface area contributed by atoms with Crippen molar-refractivity contribution in [3.8, 4) is 22.3 Å². The van der Waals surface area contributed by atoms with Gasteiger partial charge >= 0.3 is 0 Å². The van der Waals surface area contributed by atoms with Crippen molar-refractivity contribution in [1.29, 1.82) is 0 Å². The van der Waals surface area contributed by atoms with Crippen molar-refractivity contribution in [2.45, 2.75) is 0 Å². The summed E-state index contributed by atoms with van der Waals surface area (Å²) in [6.45, 7) is 0. The van der Waals surface area contributed by atoms with Gasteiger partial charge in [-0.05, 0) is 80.2 Å². The summed E-state index contributed by atoms with van der Waals surface area (Å²) in [5.41, 5.74) is 10.0. The van der Waals surface area contributed by atoms with Crippen molar-refractivity contribution < 1.29 is 4.42 Å². The van der Waals surface area contributed by atoms with Gasteiger partial charge in [0.05, 0.1) is 11.4 Å². The zero-order chi connectivity index (χ0) is 33.0. The summed E-state index contributed by atoms with van der Waals surface area (Å²) in [6, 6.07) is 67.6. The van der Waals surface area contributed by atoms with Crippen molar-refractivity contribution in [2.24, 2.45) is 0 Å². The van der Waals surface area contributed by atoms with Gasteiger partial charge in [0.2, 0.25) is 0 Å². The molecule has 0 fully saturated rings. The molecule has 0 atom stereocenters. The molecule has 0 spiro atoms. The van der Waals surface area contributed by atoms with Crippen molar-refractivity contribution in [1.82, 2.24) is 0 Å². The van der Waals surface area contributed by atoms with Crippen LogP contribution in [0.5, 0.6) is 0 Å². The van der Waals surface area contributed by atoms with Gasteiger partial charge in [0, 0.05) is 27.2 Å². The number of fused-ring (bicyclic) bond motifs is 7. The third-order valence-corrected chi connectivity index (χ3v) is 10.1. The SMILES string of the molecule is c1ccc(-c2ccc(N(c3ccc4ccc5oc6ccccc6c5c4c3)c3ccc(-c4ccccc4)c4ccccc34)c3ccccc23)cc1. The Bertz CT molecular complexity index is 2750. The molecule has 0 bridgehead atoms. The number of para-hydroxylation sites is 1. The lowest BCUT2D eigenvalue weighted by atomic mass is 9.94. The number of rotatable bonds is 5. The molecule has 1 aromatic heterocycles. The van der Waals surface area contributed by atoms with E-state index in [1.165, 1.54) is 54.6 Å². The molecule has 0 unspecified atom stereocenters. The van der Waals surface area contributed by atoms with Crippen LogP contribution in [0.4, 0.5) is 17.1 Å². The first kappa shape index (κ1) is 28.4. The fourth-order valence-corrected chi connectivity index (χ4v) is 7.77. The lowest BCUT2D eigenvalue weighted by Crippen LogP contribution is -2.11. The highest BCUT2D eigenvalue weighted by molar-refractivity contribution is 6.20. The maximum Gasteiger partial charge on any atom is 0.136 e. The second-order valence-corrected chi connectivity index (χ2v) is 12.9. The maximum absolute atomic E-state index is 6.34. The van der Waals surface area contributed by atoms with Gasteiger partial charge in [-0.3, -0.25) is 0 Å². The number of furan rings is 1. The van der Waals surface area contributed by atoms with Gasteiger partial charge in [-0.1, -0.05) is 152 Å². The van der Waals surface area contributed by atoms with E-state index in [1.54, 1.807) is 0 Å². The average Bonchev–Trinajstić information content (AvgIpc) is 3.58. The molecule has 0 aliphatic rings. The van der Waals surface area contributed by atoms with Gasteiger partial charge in [-0.15, -0.1) is 0 Å². The molecule has 0 amide bonds. The van der Waals surface area contributed by atoms with Crippen LogP contribution in [0, 0.1) is 0 Å².